The van der Waals surface area contributed by atoms with Gasteiger partial charge in [-0.15, -0.1) is 0 Å². The van der Waals surface area contributed by atoms with E-state index in [1.165, 1.54) is 24.3 Å². The zero-order chi connectivity index (χ0) is 16.7. The van der Waals surface area contributed by atoms with Crippen LogP contribution in [-0.4, -0.2) is 39.0 Å². The Kier molecular flexibility index (Phi) is 3.40. The van der Waals surface area contributed by atoms with Gasteiger partial charge in [0.15, 0.2) is 17.6 Å². The molecule has 23 heavy (non-hydrogen) atoms. The van der Waals surface area contributed by atoms with Gasteiger partial charge < -0.3 is 20.1 Å². The van der Waals surface area contributed by atoms with Crippen molar-refractivity contribution in [1.29, 1.82) is 0 Å². The normalized spacial score (nSPS) is 24.1. The maximum atomic E-state index is 12.0. The van der Waals surface area contributed by atoms with Gasteiger partial charge in [0.05, 0.1) is 6.42 Å². The van der Waals surface area contributed by atoms with Gasteiger partial charge in [-0.2, -0.15) is 0 Å². The van der Waals surface area contributed by atoms with Gasteiger partial charge in [0.25, 0.3) is 0 Å². The minimum absolute atomic E-state index is 0.140. The van der Waals surface area contributed by atoms with E-state index in [9.17, 15) is 24.6 Å². The predicted molar refractivity (Wildman–Crippen MR) is 77.1 cm³/mol. The molecular weight excluding hydrogens is 304 g/mol. The third kappa shape index (κ3) is 2.36. The number of allylic oxidation sites excluding steroid dienone is 1. The quantitative estimate of drug-likeness (QED) is 0.550. The number of benzene rings is 1. The lowest BCUT2D eigenvalue weighted by Crippen LogP contribution is -2.44. The van der Waals surface area contributed by atoms with Crippen LogP contribution in [0.2, 0.25) is 0 Å². The van der Waals surface area contributed by atoms with Gasteiger partial charge in [-0.05, 0) is 23.8 Å². The first kappa shape index (κ1) is 14.8. The summed E-state index contributed by atoms with van der Waals surface area (Å²) in [7, 11) is 0. The third-order valence-electron chi connectivity index (χ3n) is 3.80. The number of Topliss-reactive ketones (excluding diaryl/α,β-unsaturated/α-hetero) is 1. The van der Waals surface area contributed by atoms with Crippen LogP contribution in [0.25, 0.3) is 5.57 Å². The van der Waals surface area contributed by atoms with E-state index in [4.69, 9.17) is 9.84 Å². The lowest BCUT2D eigenvalue weighted by Gasteiger charge is -2.34. The SMILES string of the molecule is O=C(O)CC=C1c2ccc(O)c(O)c2OC2C(=O)C(=O)C=CC12. The molecule has 0 aromatic heterocycles. The molecule has 2 atom stereocenters. The zero-order valence-electron chi connectivity index (χ0n) is 11.7. The minimum atomic E-state index is -1.19. The summed E-state index contributed by atoms with van der Waals surface area (Å²) in [6, 6.07) is 2.70. The van der Waals surface area contributed by atoms with Gasteiger partial charge >= 0.3 is 5.97 Å². The largest absolute Gasteiger partial charge is 0.504 e. The fraction of sp³-hybridized carbons (Fsp3) is 0.188. The molecule has 0 saturated carbocycles. The smallest absolute Gasteiger partial charge is 0.307 e. The van der Waals surface area contributed by atoms with Crippen molar-refractivity contribution in [2.24, 2.45) is 5.92 Å². The van der Waals surface area contributed by atoms with Gasteiger partial charge in [-0.25, -0.2) is 0 Å². The lowest BCUT2D eigenvalue weighted by molar-refractivity contribution is -0.139. The van der Waals surface area contributed by atoms with E-state index in [-0.39, 0.29) is 12.2 Å². The Labute approximate surface area is 130 Å². The second kappa shape index (κ2) is 5.28. The predicted octanol–water partition coefficient (Wildman–Crippen LogP) is 1.04. The zero-order valence-corrected chi connectivity index (χ0v) is 11.7. The number of phenols is 2. The van der Waals surface area contributed by atoms with E-state index in [0.717, 1.165) is 6.08 Å². The standard InChI is InChI=1S/C16H12O7/c17-10-4-1-8-7(3-6-12(19)20)9-2-5-11(18)14(22)16(9)23-15(8)13(10)21/h1-5,8,15,18,22H,6H2,(H,19,20). The molecule has 118 valence electrons. The molecule has 0 bridgehead atoms. The fourth-order valence-electron chi connectivity index (χ4n) is 2.73. The Balaban J connectivity index is 2.19. The summed E-state index contributed by atoms with van der Waals surface area (Å²) in [5, 5.41) is 28.4. The molecular formula is C16H12O7. The number of carboxylic acid groups (broad SMARTS) is 1. The maximum absolute atomic E-state index is 12.0. The number of phenolic OH excluding ortho intramolecular Hbond substituents is 2. The molecule has 0 spiro atoms. The van der Waals surface area contributed by atoms with Gasteiger partial charge in [0.2, 0.25) is 17.3 Å². The van der Waals surface area contributed by atoms with Crippen molar-refractivity contribution in [1.82, 2.24) is 0 Å². The van der Waals surface area contributed by atoms with Crippen LogP contribution in [0, 0.1) is 5.92 Å². The summed E-state index contributed by atoms with van der Waals surface area (Å²) in [5.74, 6) is -4.34. The molecule has 2 unspecified atom stereocenters. The van der Waals surface area contributed by atoms with Crippen molar-refractivity contribution in [2.45, 2.75) is 12.5 Å². The Bertz CT molecular complexity index is 788. The molecule has 3 N–H and O–H groups in total. The Morgan fingerprint density at radius 3 is 2.70 bits per heavy atom. The van der Waals surface area contributed by atoms with Crippen LogP contribution in [0.5, 0.6) is 17.2 Å². The number of carbonyl (C=O) groups is 3. The average Bonchev–Trinajstić information content (AvgIpc) is 2.51. The second-order valence-electron chi connectivity index (χ2n) is 5.22. The van der Waals surface area contributed by atoms with Gasteiger partial charge in [-0.1, -0.05) is 12.2 Å². The van der Waals surface area contributed by atoms with Crippen LogP contribution in [0.4, 0.5) is 0 Å². The molecule has 1 aromatic rings. The number of fused-ring (bicyclic) bond motifs is 2. The molecule has 1 aliphatic carbocycles. The maximum Gasteiger partial charge on any atom is 0.307 e. The molecule has 3 rings (SSSR count). The number of carbonyl (C=O) groups excluding carboxylic acids is 2. The third-order valence-corrected chi connectivity index (χ3v) is 3.80. The first-order valence-corrected chi connectivity index (χ1v) is 6.80. The summed E-state index contributed by atoms with van der Waals surface area (Å²) < 4.78 is 5.45. The molecule has 1 heterocycles. The number of hydrogen-bond donors (Lipinski definition) is 3. The summed E-state index contributed by atoms with van der Waals surface area (Å²) in [6.07, 6.45) is 2.54. The first-order chi connectivity index (χ1) is 10.9. The number of aliphatic carboxylic acids is 1. The number of carboxylic acids is 1. The highest BCUT2D eigenvalue weighted by Crippen LogP contribution is 2.49. The molecule has 7 nitrogen and oxygen atoms in total. The van der Waals surface area contributed by atoms with Crippen molar-refractivity contribution in [2.75, 3.05) is 0 Å². The lowest BCUT2D eigenvalue weighted by atomic mass is 9.79. The Hall–Kier alpha value is -3.09. The number of ketones is 2. The van der Waals surface area contributed by atoms with Crippen molar-refractivity contribution in [3.8, 4) is 17.2 Å². The monoisotopic (exact) mass is 316 g/mol. The summed E-state index contributed by atoms with van der Waals surface area (Å²) in [4.78, 5) is 34.4. The van der Waals surface area contributed by atoms with E-state index in [0.29, 0.717) is 11.1 Å². The number of aromatic hydroxyl groups is 2. The molecule has 7 heteroatoms. The second-order valence-corrected chi connectivity index (χ2v) is 5.22. The fourth-order valence-corrected chi connectivity index (χ4v) is 2.73. The molecule has 0 radical (unpaired) electrons. The first-order valence-electron chi connectivity index (χ1n) is 6.80. The number of rotatable bonds is 2. The van der Waals surface area contributed by atoms with Crippen molar-refractivity contribution >= 4 is 23.1 Å². The van der Waals surface area contributed by atoms with Gasteiger partial charge in [0.1, 0.15) is 0 Å². The highest BCUT2D eigenvalue weighted by molar-refractivity contribution is 6.44. The van der Waals surface area contributed by atoms with Crippen LogP contribution in [0.3, 0.4) is 0 Å². The van der Waals surface area contributed by atoms with E-state index >= 15 is 0 Å². The summed E-state index contributed by atoms with van der Waals surface area (Å²) >= 11 is 0. The van der Waals surface area contributed by atoms with Crippen LogP contribution in [0.1, 0.15) is 12.0 Å². The Morgan fingerprint density at radius 2 is 2.00 bits per heavy atom. The van der Waals surface area contributed by atoms with E-state index in [1.54, 1.807) is 0 Å². The van der Waals surface area contributed by atoms with Crippen molar-refractivity contribution in [3.63, 3.8) is 0 Å². The highest BCUT2D eigenvalue weighted by atomic mass is 16.5. The van der Waals surface area contributed by atoms with Gasteiger partial charge in [0, 0.05) is 11.5 Å². The molecule has 0 fully saturated rings. The van der Waals surface area contributed by atoms with Crippen LogP contribution in [-0.2, 0) is 14.4 Å². The van der Waals surface area contributed by atoms with Crippen molar-refractivity contribution in [3.05, 3.63) is 35.9 Å². The number of hydrogen-bond acceptors (Lipinski definition) is 6. The van der Waals surface area contributed by atoms with E-state index < -0.39 is 41.1 Å². The van der Waals surface area contributed by atoms with Gasteiger partial charge in [-0.3, -0.25) is 14.4 Å². The van der Waals surface area contributed by atoms with Crippen LogP contribution >= 0.6 is 0 Å². The molecule has 1 aliphatic heterocycles. The summed E-state index contributed by atoms with van der Waals surface area (Å²) in [5.41, 5.74) is 0.820. The average molecular weight is 316 g/mol. The Morgan fingerprint density at radius 1 is 1.26 bits per heavy atom. The minimum Gasteiger partial charge on any atom is -0.504 e. The van der Waals surface area contributed by atoms with E-state index in [1.807, 2.05) is 0 Å². The van der Waals surface area contributed by atoms with Crippen LogP contribution < -0.4 is 4.74 Å². The molecule has 0 saturated heterocycles. The number of ether oxygens (including phenoxy) is 1. The highest BCUT2D eigenvalue weighted by Gasteiger charge is 2.43. The van der Waals surface area contributed by atoms with Crippen LogP contribution in [0.15, 0.2) is 30.4 Å². The van der Waals surface area contributed by atoms with Crippen molar-refractivity contribution < 1.29 is 34.4 Å². The van der Waals surface area contributed by atoms with E-state index in [2.05, 4.69) is 0 Å². The molecule has 2 aliphatic rings. The summed E-state index contributed by atoms with van der Waals surface area (Å²) in [6.45, 7) is 0. The molecule has 0 amide bonds. The topological polar surface area (TPSA) is 121 Å². The molecule has 1 aromatic carbocycles.